The highest BCUT2D eigenvalue weighted by molar-refractivity contribution is 8.18. The zero-order valence-electron chi connectivity index (χ0n) is 13.0. The van der Waals surface area contributed by atoms with Gasteiger partial charge >= 0.3 is 0 Å². The molecular weight excluding hydrogens is 336 g/mol. The first-order valence-corrected chi connectivity index (χ1v) is 8.24. The molecule has 0 aliphatic carbocycles. The Labute approximate surface area is 148 Å². The van der Waals surface area contributed by atoms with Crippen LogP contribution in [0.5, 0.6) is 0 Å². The summed E-state index contributed by atoms with van der Waals surface area (Å²) in [6.45, 7) is -0.317. The number of nitrogens with zero attached hydrogens (tertiary/aromatic N) is 2. The number of hydrogen-bond donors (Lipinski definition) is 0. The number of hydrogen-bond acceptors (Lipinski definition) is 5. The molecule has 0 spiro atoms. The molecule has 2 aromatic carbocycles. The predicted octanol–water partition coefficient (Wildman–Crippen LogP) is 3.48. The molecular formula is C19H12N2O3S. The van der Waals surface area contributed by atoms with Crippen molar-refractivity contribution >= 4 is 34.8 Å². The van der Waals surface area contributed by atoms with Gasteiger partial charge in [-0.15, -0.1) is 0 Å². The molecule has 2 aromatic rings. The first kappa shape index (κ1) is 16.7. The van der Waals surface area contributed by atoms with Crippen LogP contribution in [0.4, 0.5) is 4.79 Å². The van der Waals surface area contributed by atoms with Crippen molar-refractivity contribution in [3.05, 3.63) is 76.2 Å². The average molecular weight is 348 g/mol. The minimum Gasteiger partial charge on any atom is -0.292 e. The second-order valence-corrected chi connectivity index (χ2v) is 6.28. The van der Waals surface area contributed by atoms with Gasteiger partial charge in [0.15, 0.2) is 5.78 Å². The van der Waals surface area contributed by atoms with E-state index in [9.17, 15) is 14.4 Å². The molecule has 6 heteroatoms. The SMILES string of the molecule is N#Cc1ccc(C(=O)CN2C(=O)S/C(=C\c3ccccc3)C2=O)cc1. The summed E-state index contributed by atoms with van der Waals surface area (Å²) in [5, 5.41) is 8.31. The third-order valence-corrected chi connectivity index (χ3v) is 4.52. The van der Waals surface area contributed by atoms with Crippen molar-refractivity contribution in [2.45, 2.75) is 0 Å². The van der Waals surface area contributed by atoms with Gasteiger partial charge in [-0.05, 0) is 35.5 Å². The second-order valence-electron chi connectivity index (χ2n) is 5.29. The maximum Gasteiger partial charge on any atom is 0.293 e. The molecule has 0 bridgehead atoms. The van der Waals surface area contributed by atoms with Gasteiger partial charge in [-0.1, -0.05) is 42.5 Å². The number of nitriles is 1. The van der Waals surface area contributed by atoms with Crippen LogP contribution in [-0.2, 0) is 4.79 Å². The minimum atomic E-state index is -0.471. The number of benzene rings is 2. The second kappa shape index (κ2) is 7.16. The van der Waals surface area contributed by atoms with Gasteiger partial charge in [0.25, 0.3) is 11.1 Å². The fraction of sp³-hybridized carbons (Fsp3) is 0.0526. The number of carbonyl (C=O) groups is 3. The summed E-state index contributed by atoms with van der Waals surface area (Å²) in [5.41, 5.74) is 1.60. The number of ketones is 1. The molecule has 25 heavy (non-hydrogen) atoms. The van der Waals surface area contributed by atoms with Gasteiger partial charge < -0.3 is 0 Å². The van der Waals surface area contributed by atoms with Crippen molar-refractivity contribution in [1.29, 1.82) is 5.26 Å². The van der Waals surface area contributed by atoms with Crippen molar-refractivity contribution in [2.75, 3.05) is 6.54 Å². The quantitative estimate of drug-likeness (QED) is 0.624. The fourth-order valence-electron chi connectivity index (χ4n) is 2.30. The molecule has 0 saturated carbocycles. The molecule has 0 atom stereocenters. The lowest BCUT2D eigenvalue weighted by atomic mass is 10.1. The summed E-state index contributed by atoms with van der Waals surface area (Å²) < 4.78 is 0. The highest BCUT2D eigenvalue weighted by Gasteiger charge is 2.36. The molecule has 1 fully saturated rings. The van der Waals surface area contributed by atoms with Crippen LogP contribution in [0.1, 0.15) is 21.5 Å². The Bertz CT molecular complexity index is 912. The van der Waals surface area contributed by atoms with Crippen LogP contribution in [0.2, 0.25) is 0 Å². The molecule has 2 amide bonds. The van der Waals surface area contributed by atoms with Crippen LogP contribution in [0, 0.1) is 11.3 Å². The Balaban J connectivity index is 1.75. The first-order valence-electron chi connectivity index (χ1n) is 7.42. The van der Waals surface area contributed by atoms with E-state index < -0.39 is 11.1 Å². The first-order chi connectivity index (χ1) is 12.1. The summed E-state index contributed by atoms with van der Waals surface area (Å²) in [6, 6.07) is 17.2. The lowest BCUT2D eigenvalue weighted by molar-refractivity contribution is -0.122. The molecule has 5 nitrogen and oxygen atoms in total. The van der Waals surface area contributed by atoms with E-state index in [1.165, 1.54) is 24.3 Å². The maximum atomic E-state index is 12.4. The molecule has 1 heterocycles. The molecule has 0 N–H and O–H groups in total. The Morgan fingerprint density at radius 2 is 1.76 bits per heavy atom. The van der Waals surface area contributed by atoms with E-state index in [4.69, 9.17) is 5.26 Å². The summed E-state index contributed by atoms with van der Waals surface area (Å²) in [6.07, 6.45) is 1.64. The van der Waals surface area contributed by atoms with E-state index in [2.05, 4.69) is 0 Å². The standard InChI is InChI=1S/C19H12N2O3S/c20-11-14-6-8-15(9-7-14)16(22)12-21-18(23)17(25-19(21)24)10-13-4-2-1-3-5-13/h1-10H,12H2/b17-10-. The average Bonchev–Trinajstić information content (AvgIpc) is 2.90. The van der Waals surface area contributed by atoms with E-state index in [0.717, 1.165) is 22.2 Å². The number of Topliss-reactive ketones (excluding diaryl/α,β-unsaturated/α-hetero) is 1. The highest BCUT2D eigenvalue weighted by Crippen LogP contribution is 2.32. The number of thioether (sulfide) groups is 1. The summed E-state index contributed by atoms with van der Waals surface area (Å²) in [7, 11) is 0. The van der Waals surface area contributed by atoms with Crippen LogP contribution >= 0.6 is 11.8 Å². The number of amides is 2. The van der Waals surface area contributed by atoms with Gasteiger partial charge in [-0.2, -0.15) is 5.26 Å². The molecule has 1 saturated heterocycles. The predicted molar refractivity (Wildman–Crippen MR) is 94.6 cm³/mol. The van der Waals surface area contributed by atoms with Crippen molar-refractivity contribution in [3.8, 4) is 6.07 Å². The Hall–Kier alpha value is -3.17. The van der Waals surface area contributed by atoms with E-state index >= 15 is 0 Å². The smallest absolute Gasteiger partial charge is 0.292 e. The zero-order valence-corrected chi connectivity index (χ0v) is 13.8. The van der Waals surface area contributed by atoms with Gasteiger partial charge in [-0.3, -0.25) is 19.3 Å². The third kappa shape index (κ3) is 3.67. The summed E-state index contributed by atoms with van der Waals surface area (Å²) in [4.78, 5) is 38.0. The van der Waals surface area contributed by atoms with Crippen LogP contribution in [-0.4, -0.2) is 28.4 Å². The number of imide groups is 1. The topological polar surface area (TPSA) is 78.2 Å². The van der Waals surface area contributed by atoms with E-state index in [0.29, 0.717) is 16.0 Å². The normalized spacial score (nSPS) is 15.5. The van der Waals surface area contributed by atoms with Gasteiger partial charge in [0.1, 0.15) is 0 Å². The molecule has 0 radical (unpaired) electrons. The fourth-order valence-corrected chi connectivity index (χ4v) is 3.14. The molecule has 3 rings (SSSR count). The summed E-state index contributed by atoms with van der Waals surface area (Å²) in [5.74, 6) is -0.825. The Morgan fingerprint density at radius 1 is 1.08 bits per heavy atom. The lowest BCUT2D eigenvalue weighted by Crippen LogP contribution is -2.33. The highest BCUT2D eigenvalue weighted by atomic mass is 32.2. The molecule has 0 unspecified atom stereocenters. The Kier molecular flexibility index (Phi) is 4.78. The van der Waals surface area contributed by atoms with Crippen molar-refractivity contribution in [1.82, 2.24) is 4.90 Å². The van der Waals surface area contributed by atoms with Gasteiger partial charge in [0.2, 0.25) is 0 Å². The Morgan fingerprint density at radius 3 is 2.40 bits per heavy atom. The monoisotopic (exact) mass is 348 g/mol. The molecule has 122 valence electrons. The number of carbonyl (C=O) groups excluding carboxylic acids is 3. The minimum absolute atomic E-state index is 0.295. The van der Waals surface area contributed by atoms with E-state index in [1.54, 1.807) is 6.08 Å². The van der Waals surface area contributed by atoms with Crippen molar-refractivity contribution in [3.63, 3.8) is 0 Å². The molecule has 1 aliphatic heterocycles. The van der Waals surface area contributed by atoms with E-state index in [1.807, 2.05) is 36.4 Å². The van der Waals surface area contributed by atoms with E-state index in [-0.39, 0.29) is 12.3 Å². The third-order valence-electron chi connectivity index (χ3n) is 3.61. The van der Waals surface area contributed by atoms with Gasteiger partial charge in [-0.25, -0.2) is 0 Å². The summed E-state index contributed by atoms with van der Waals surface area (Å²) >= 11 is 0.823. The van der Waals surface area contributed by atoms with Crippen molar-refractivity contribution in [2.24, 2.45) is 0 Å². The van der Waals surface area contributed by atoms with Gasteiger partial charge in [0.05, 0.1) is 23.1 Å². The van der Waals surface area contributed by atoms with Crippen LogP contribution in [0.3, 0.4) is 0 Å². The van der Waals surface area contributed by atoms with Crippen molar-refractivity contribution < 1.29 is 14.4 Å². The number of rotatable bonds is 4. The van der Waals surface area contributed by atoms with Crippen LogP contribution in [0.15, 0.2) is 59.5 Å². The van der Waals surface area contributed by atoms with Gasteiger partial charge in [0, 0.05) is 5.56 Å². The molecule has 1 aliphatic rings. The maximum absolute atomic E-state index is 12.4. The van der Waals surface area contributed by atoms with Crippen LogP contribution < -0.4 is 0 Å². The zero-order chi connectivity index (χ0) is 17.8. The molecule has 0 aromatic heterocycles. The van der Waals surface area contributed by atoms with Crippen LogP contribution in [0.25, 0.3) is 6.08 Å². The lowest BCUT2D eigenvalue weighted by Gasteiger charge is -2.11. The largest absolute Gasteiger partial charge is 0.293 e.